The molecule has 0 atom stereocenters. The highest BCUT2D eigenvalue weighted by molar-refractivity contribution is 5.99. The summed E-state index contributed by atoms with van der Waals surface area (Å²) in [7, 11) is 1.67. The highest BCUT2D eigenvalue weighted by Crippen LogP contribution is 2.11. The first-order chi connectivity index (χ1) is 14.5. The van der Waals surface area contributed by atoms with Gasteiger partial charge in [0.05, 0.1) is 6.61 Å². The number of amides is 2. The minimum absolute atomic E-state index is 0.0169. The van der Waals surface area contributed by atoms with Gasteiger partial charge in [0.2, 0.25) is 5.43 Å². The predicted octanol–water partition coefficient (Wildman–Crippen LogP) is 1.83. The summed E-state index contributed by atoms with van der Waals surface area (Å²) in [6, 6.07) is 0. The van der Waals surface area contributed by atoms with Crippen molar-refractivity contribution in [2.24, 2.45) is 5.92 Å². The van der Waals surface area contributed by atoms with Gasteiger partial charge in [-0.3, -0.25) is 19.3 Å². The van der Waals surface area contributed by atoms with Gasteiger partial charge in [0.15, 0.2) is 0 Å². The van der Waals surface area contributed by atoms with E-state index in [9.17, 15) is 14.4 Å². The SMILES string of the molecule is COCCN1CCN(C(=O)c2cn(CCC(C)C)cc(C(=O)NC(C)(C)C)c2=O)CC1. The van der Waals surface area contributed by atoms with Crippen LogP contribution in [0.1, 0.15) is 61.8 Å². The Labute approximate surface area is 185 Å². The van der Waals surface area contributed by atoms with E-state index < -0.39 is 16.9 Å². The van der Waals surface area contributed by atoms with Gasteiger partial charge in [-0.2, -0.15) is 0 Å². The van der Waals surface area contributed by atoms with E-state index in [1.807, 2.05) is 20.8 Å². The molecule has 2 heterocycles. The number of aryl methyl sites for hydroxylation is 1. The zero-order valence-electron chi connectivity index (χ0n) is 19.9. The number of carbonyl (C=O) groups is 2. The fourth-order valence-corrected chi connectivity index (χ4v) is 3.45. The van der Waals surface area contributed by atoms with E-state index in [-0.39, 0.29) is 17.0 Å². The van der Waals surface area contributed by atoms with Crippen molar-refractivity contribution in [3.8, 4) is 0 Å². The number of rotatable bonds is 8. The molecule has 8 heteroatoms. The monoisotopic (exact) mass is 434 g/mol. The number of hydrogen-bond donors (Lipinski definition) is 1. The van der Waals surface area contributed by atoms with Crippen LogP contribution in [0.15, 0.2) is 17.2 Å². The van der Waals surface area contributed by atoms with E-state index >= 15 is 0 Å². The van der Waals surface area contributed by atoms with Crippen LogP contribution in [0.2, 0.25) is 0 Å². The molecule has 0 radical (unpaired) electrons. The zero-order chi connectivity index (χ0) is 23.2. The van der Waals surface area contributed by atoms with Gasteiger partial charge < -0.3 is 19.5 Å². The van der Waals surface area contributed by atoms with E-state index in [2.05, 4.69) is 24.1 Å². The predicted molar refractivity (Wildman–Crippen MR) is 122 cm³/mol. The van der Waals surface area contributed by atoms with Crippen molar-refractivity contribution in [1.82, 2.24) is 19.7 Å². The number of aromatic nitrogens is 1. The maximum absolute atomic E-state index is 13.2. The summed E-state index contributed by atoms with van der Waals surface area (Å²) in [6.07, 6.45) is 4.07. The molecule has 1 aliphatic rings. The maximum Gasteiger partial charge on any atom is 0.259 e. The molecule has 0 bridgehead atoms. The van der Waals surface area contributed by atoms with Gasteiger partial charge in [-0.25, -0.2) is 0 Å². The summed E-state index contributed by atoms with van der Waals surface area (Å²) in [6.45, 7) is 14.5. The molecule has 0 aromatic carbocycles. The molecule has 0 spiro atoms. The average molecular weight is 435 g/mol. The second kappa shape index (κ2) is 10.9. The van der Waals surface area contributed by atoms with E-state index in [1.54, 1.807) is 29.0 Å². The van der Waals surface area contributed by atoms with Crippen molar-refractivity contribution in [1.29, 1.82) is 0 Å². The maximum atomic E-state index is 13.2. The van der Waals surface area contributed by atoms with Crippen LogP contribution in [0.25, 0.3) is 0 Å². The van der Waals surface area contributed by atoms with Crippen LogP contribution in [0.4, 0.5) is 0 Å². The lowest BCUT2D eigenvalue weighted by Gasteiger charge is -2.34. The second-order valence-electron chi connectivity index (χ2n) is 9.67. The third kappa shape index (κ3) is 7.47. The Morgan fingerprint density at radius 1 is 1.06 bits per heavy atom. The molecule has 2 rings (SSSR count). The van der Waals surface area contributed by atoms with Gasteiger partial charge in [-0.05, 0) is 33.1 Å². The third-order valence-electron chi connectivity index (χ3n) is 5.28. The van der Waals surface area contributed by atoms with Crippen LogP contribution in [0, 0.1) is 5.92 Å². The first-order valence-electron chi connectivity index (χ1n) is 11.1. The third-order valence-corrected chi connectivity index (χ3v) is 5.28. The number of piperazine rings is 1. The Bertz CT molecular complexity index is 818. The minimum atomic E-state index is -0.505. The number of nitrogens with zero attached hydrogens (tertiary/aromatic N) is 3. The number of methoxy groups -OCH3 is 1. The molecule has 1 aromatic heterocycles. The lowest BCUT2D eigenvalue weighted by Crippen LogP contribution is -2.50. The average Bonchev–Trinajstić information content (AvgIpc) is 2.70. The molecule has 8 nitrogen and oxygen atoms in total. The summed E-state index contributed by atoms with van der Waals surface area (Å²) in [4.78, 5) is 43.1. The number of ether oxygens (including phenoxy) is 1. The highest BCUT2D eigenvalue weighted by atomic mass is 16.5. The van der Waals surface area contributed by atoms with Crippen LogP contribution in [-0.4, -0.2) is 78.2 Å². The Balaban J connectivity index is 2.29. The van der Waals surface area contributed by atoms with Gasteiger partial charge in [-0.1, -0.05) is 13.8 Å². The highest BCUT2D eigenvalue weighted by Gasteiger charge is 2.27. The Morgan fingerprint density at radius 2 is 1.68 bits per heavy atom. The standard InChI is InChI=1S/C23H38N4O4/c1-17(2)7-8-26-15-18(21(29)24-23(3,4)5)20(28)19(16-26)22(30)27-11-9-25(10-12-27)13-14-31-6/h15-17H,7-14H2,1-6H3,(H,24,29). The van der Waals surface area contributed by atoms with Crippen molar-refractivity contribution in [3.05, 3.63) is 33.7 Å². The van der Waals surface area contributed by atoms with Crippen LogP contribution in [0.3, 0.4) is 0 Å². The van der Waals surface area contributed by atoms with Gasteiger partial charge in [0.25, 0.3) is 11.8 Å². The molecule has 0 saturated carbocycles. The molecule has 1 aromatic rings. The van der Waals surface area contributed by atoms with Crippen LogP contribution in [0.5, 0.6) is 0 Å². The molecule has 174 valence electrons. The smallest absolute Gasteiger partial charge is 0.259 e. The molecule has 2 amide bonds. The normalized spacial score (nSPS) is 15.4. The van der Waals surface area contributed by atoms with E-state index in [0.29, 0.717) is 32.2 Å². The lowest BCUT2D eigenvalue weighted by molar-refractivity contribution is 0.0592. The largest absolute Gasteiger partial charge is 0.383 e. The van der Waals surface area contributed by atoms with Crippen LogP contribution < -0.4 is 10.7 Å². The molecular weight excluding hydrogens is 396 g/mol. The van der Waals surface area contributed by atoms with E-state index in [0.717, 1.165) is 26.1 Å². The summed E-state index contributed by atoms with van der Waals surface area (Å²) in [5.41, 5.74) is -0.904. The van der Waals surface area contributed by atoms with Crippen molar-refractivity contribution >= 4 is 11.8 Å². The Kier molecular flexibility index (Phi) is 8.82. The summed E-state index contributed by atoms with van der Waals surface area (Å²) in [5.74, 6) is -0.291. The van der Waals surface area contributed by atoms with Crippen LogP contribution in [-0.2, 0) is 11.3 Å². The molecule has 0 unspecified atom stereocenters. The van der Waals surface area contributed by atoms with Gasteiger partial charge >= 0.3 is 0 Å². The number of hydrogen-bond acceptors (Lipinski definition) is 5. The number of pyridine rings is 1. The number of carbonyl (C=O) groups excluding carboxylic acids is 2. The van der Waals surface area contributed by atoms with Gasteiger partial charge in [-0.15, -0.1) is 0 Å². The molecule has 31 heavy (non-hydrogen) atoms. The Hall–Kier alpha value is -2.19. The summed E-state index contributed by atoms with van der Waals surface area (Å²) < 4.78 is 6.93. The Morgan fingerprint density at radius 3 is 2.23 bits per heavy atom. The minimum Gasteiger partial charge on any atom is -0.383 e. The topological polar surface area (TPSA) is 83.9 Å². The van der Waals surface area contributed by atoms with E-state index in [4.69, 9.17) is 4.74 Å². The quantitative estimate of drug-likeness (QED) is 0.675. The van der Waals surface area contributed by atoms with Gasteiger partial charge in [0.1, 0.15) is 11.1 Å². The second-order valence-corrected chi connectivity index (χ2v) is 9.67. The van der Waals surface area contributed by atoms with Crippen molar-refractivity contribution in [2.45, 2.75) is 53.1 Å². The molecular formula is C23H38N4O4. The van der Waals surface area contributed by atoms with Crippen molar-refractivity contribution < 1.29 is 14.3 Å². The van der Waals surface area contributed by atoms with Crippen LogP contribution >= 0.6 is 0 Å². The van der Waals surface area contributed by atoms with E-state index in [1.165, 1.54) is 0 Å². The molecule has 1 fully saturated rings. The first kappa shape index (κ1) is 25.1. The first-order valence-corrected chi connectivity index (χ1v) is 11.1. The summed E-state index contributed by atoms with van der Waals surface area (Å²) in [5, 5.41) is 2.84. The number of nitrogens with one attached hydrogen (secondary N) is 1. The summed E-state index contributed by atoms with van der Waals surface area (Å²) >= 11 is 0. The molecule has 1 N–H and O–H groups in total. The van der Waals surface area contributed by atoms with Gasteiger partial charge in [0, 0.05) is 64.3 Å². The zero-order valence-corrected chi connectivity index (χ0v) is 19.9. The van der Waals surface area contributed by atoms with Crippen molar-refractivity contribution in [2.75, 3.05) is 46.4 Å². The molecule has 1 aliphatic heterocycles. The van der Waals surface area contributed by atoms with Crippen molar-refractivity contribution in [3.63, 3.8) is 0 Å². The molecule has 0 aliphatic carbocycles. The fraction of sp³-hybridized carbons (Fsp3) is 0.696. The molecule has 1 saturated heterocycles. The fourth-order valence-electron chi connectivity index (χ4n) is 3.45. The lowest BCUT2D eigenvalue weighted by atomic mass is 10.1.